The van der Waals surface area contributed by atoms with Gasteiger partial charge < -0.3 is 4.90 Å². The Labute approximate surface area is 259 Å². The maximum absolute atomic E-state index is 4.61. The van der Waals surface area contributed by atoms with E-state index in [2.05, 4.69) is 155 Å². The van der Waals surface area contributed by atoms with Crippen LogP contribution in [-0.2, 0) is 0 Å². The van der Waals surface area contributed by atoms with Crippen LogP contribution in [0.1, 0.15) is 0 Å². The summed E-state index contributed by atoms with van der Waals surface area (Å²) in [5.41, 5.74) is 5.70. The molecule has 0 N–H and O–H groups in total. The lowest BCUT2D eigenvalue weighted by molar-refractivity contribution is 1.29. The standard InChI is InChI=1S/C41H26N2S/c1-2-9-31(10-3-1)43(33-22-23-35-30(24-33)17-16-29-15-14-27-8-4-5-11-34(27)40(29)35)32-20-18-28(19-21-32)37-25-42-26-39-41(37)36-12-6-7-13-38(36)44-39/h1-26H. The van der Waals surface area contributed by atoms with E-state index in [1.165, 1.54) is 63.6 Å². The molecule has 2 nitrogen and oxygen atoms in total. The molecule has 0 spiro atoms. The van der Waals surface area contributed by atoms with Gasteiger partial charge in [-0.05, 0) is 80.3 Å². The SMILES string of the molecule is c1ccc(N(c2ccc(-c3cncc4sc5ccccc5c34)cc2)c2ccc3c(ccc4ccc5ccccc5c43)c2)cc1. The monoisotopic (exact) mass is 578 g/mol. The third-order valence-electron chi connectivity index (χ3n) is 8.70. The van der Waals surface area contributed by atoms with Crippen molar-refractivity contribution in [3.63, 3.8) is 0 Å². The molecule has 0 aliphatic rings. The number of aromatic nitrogens is 1. The van der Waals surface area contributed by atoms with E-state index in [4.69, 9.17) is 0 Å². The first kappa shape index (κ1) is 25.0. The molecule has 3 heteroatoms. The van der Waals surface area contributed by atoms with Gasteiger partial charge in [0.15, 0.2) is 0 Å². The lowest BCUT2D eigenvalue weighted by atomic mass is 9.96. The molecule has 9 aromatic rings. The predicted molar refractivity (Wildman–Crippen MR) is 190 cm³/mol. The van der Waals surface area contributed by atoms with Gasteiger partial charge in [-0.25, -0.2) is 0 Å². The average Bonchev–Trinajstić information content (AvgIpc) is 3.48. The van der Waals surface area contributed by atoms with Crippen LogP contribution in [-0.4, -0.2) is 4.98 Å². The van der Waals surface area contributed by atoms with Crippen molar-refractivity contribution in [2.24, 2.45) is 0 Å². The molecule has 206 valence electrons. The van der Waals surface area contributed by atoms with Crippen molar-refractivity contribution in [3.8, 4) is 11.1 Å². The Morgan fingerprint density at radius 1 is 0.432 bits per heavy atom. The Bertz CT molecular complexity index is 2490. The van der Waals surface area contributed by atoms with Crippen molar-refractivity contribution >= 4 is 80.9 Å². The summed E-state index contributed by atoms with van der Waals surface area (Å²) in [7, 11) is 0. The van der Waals surface area contributed by atoms with Crippen LogP contribution < -0.4 is 4.90 Å². The number of hydrogen-bond donors (Lipinski definition) is 0. The molecule has 9 rings (SSSR count). The molecular formula is C41H26N2S. The van der Waals surface area contributed by atoms with E-state index < -0.39 is 0 Å². The molecule has 2 heterocycles. The zero-order chi connectivity index (χ0) is 29.0. The molecule has 0 fully saturated rings. The third-order valence-corrected chi connectivity index (χ3v) is 9.81. The summed E-state index contributed by atoms with van der Waals surface area (Å²) < 4.78 is 2.51. The van der Waals surface area contributed by atoms with Gasteiger partial charge in [-0.1, -0.05) is 103 Å². The van der Waals surface area contributed by atoms with E-state index in [9.17, 15) is 0 Å². The first-order valence-electron chi connectivity index (χ1n) is 14.9. The summed E-state index contributed by atoms with van der Waals surface area (Å²) in [5.74, 6) is 0. The summed E-state index contributed by atoms with van der Waals surface area (Å²) in [6.07, 6.45) is 3.99. The zero-order valence-electron chi connectivity index (χ0n) is 23.8. The second-order valence-electron chi connectivity index (χ2n) is 11.2. The highest BCUT2D eigenvalue weighted by Crippen LogP contribution is 2.42. The Kier molecular flexibility index (Phi) is 5.71. The van der Waals surface area contributed by atoms with Gasteiger partial charge in [-0.2, -0.15) is 0 Å². The Morgan fingerprint density at radius 2 is 1.09 bits per heavy atom. The fourth-order valence-corrected chi connectivity index (χ4v) is 7.77. The number of benzene rings is 7. The highest BCUT2D eigenvalue weighted by atomic mass is 32.1. The molecule has 0 saturated carbocycles. The number of nitrogens with zero attached hydrogens (tertiary/aromatic N) is 2. The maximum Gasteiger partial charge on any atom is 0.0545 e. The van der Waals surface area contributed by atoms with E-state index in [1.54, 1.807) is 11.3 Å². The molecule has 0 aliphatic carbocycles. The molecule has 0 amide bonds. The fourth-order valence-electron chi connectivity index (χ4n) is 6.67. The van der Waals surface area contributed by atoms with Crippen LogP contribution in [0.2, 0.25) is 0 Å². The number of pyridine rings is 1. The zero-order valence-corrected chi connectivity index (χ0v) is 24.6. The number of hydrogen-bond acceptors (Lipinski definition) is 3. The third kappa shape index (κ3) is 3.98. The van der Waals surface area contributed by atoms with Crippen molar-refractivity contribution in [3.05, 3.63) is 158 Å². The highest BCUT2D eigenvalue weighted by molar-refractivity contribution is 7.25. The largest absolute Gasteiger partial charge is 0.310 e. The lowest BCUT2D eigenvalue weighted by Crippen LogP contribution is -2.09. The number of para-hydroxylation sites is 1. The van der Waals surface area contributed by atoms with E-state index >= 15 is 0 Å². The molecule has 2 aromatic heterocycles. The molecular weight excluding hydrogens is 553 g/mol. The van der Waals surface area contributed by atoms with Gasteiger partial charge in [-0.15, -0.1) is 11.3 Å². The van der Waals surface area contributed by atoms with Gasteiger partial charge >= 0.3 is 0 Å². The topological polar surface area (TPSA) is 16.1 Å². The molecule has 44 heavy (non-hydrogen) atoms. The van der Waals surface area contributed by atoms with Crippen molar-refractivity contribution in [1.29, 1.82) is 0 Å². The fraction of sp³-hybridized carbons (Fsp3) is 0. The summed E-state index contributed by atoms with van der Waals surface area (Å²) >= 11 is 1.80. The molecule has 0 atom stereocenters. The van der Waals surface area contributed by atoms with E-state index in [0.717, 1.165) is 17.1 Å². The minimum absolute atomic E-state index is 1.11. The van der Waals surface area contributed by atoms with Crippen molar-refractivity contribution in [2.75, 3.05) is 4.90 Å². The number of fused-ring (bicyclic) bond motifs is 8. The van der Waals surface area contributed by atoms with E-state index in [-0.39, 0.29) is 0 Å². The van der Waals surface area contributed by atoms with Crippen molar-refractivity contribution < 1.29 is 0 Å². The van der Waals surface area contributed by atoms with Crippen LogP contribution in [0.4, 0.5) is 17.1 Å². The first-order valence-corrected chi connectivity index (χ1v) is 15.7. The van der Waals surface area contributed by atoms with Crippen LogP contribution >= 0.6 is 11.3 Å². The highest BCUT2D eigenvalue weighted by Gasteiger charge is 2.16. The van der Waals surface area contributed by atoms with Gasteiger partial charge in [0.1, 0.15) is 0 Å². The first-order chi connectivity index (χ1) is 21.8. The minimum Gasteiger partial charge on any atom is -0.310 e. The maximum atomic E-state index is 4.61. The van der Waals surface area contributed by atoms with Crippen molar-refractivity contribution in [2.45, 2.75) is 0 Å². The summed E-state index contributed by atoms with van der Waals surface area (Å²) in [4.78, 5) is 6.95. The van der Waals surface area contributed by atoms with Gasteiger partial charge in [0.05, 0.1) is 4.70 Å². The van der Waals surface area contributed by atoms with Crippen LogP contribution in [0.25, 0.3) is 63.6 Å². The summed E-state index contributed by atoms with van der Waals surface area (Å²) in [5, 5.41) is 10.2. The van der Waals surface area contributed by atoms with Crippen LogP contribution in [0.3, 0.4) is 0 Å². The molecule has 0 radical (unpaired) electrons. The molecule has 0 bridgehead atoms. The second-order valence-corrected chi connectivity index (χ2v) is 12.3. The van der Waals surface area contributed by atoms with Gasteiger partial charge in [0.2, 0.25) is 0 Å². The normalized spacial score (nSPS) is 11.6. The Balaban J connectivity index is 1.19. The summed E-state index contributed by atoms with van der Waals surface area (Å²) in [6.45, 7) is 0. The summed E-state index contributed by atoms with van der Waals surface area (Å²) in [6, 6.07) is 52.7. The van der Waals surface area contributed by atoms with E-state index in [0.29, 0.717) is 0 Å². The quantitative estimate of drug-likeness (QED) is 0.193. The van der Waals surface area contributed by atoms with Gasteiger partial charge in [-0.3, -0.25) is 4.98 Å². The average molecular weight is 579 g/mol. The molecule has 7 aromatic carbocycles. The van der Waals surface area contributed by atoms with Gasteiger partial charge in [0, 0.05) is 50.5 Å². The molecule has 0 aliphatic heterocycles. The van der Waals surface area contributed by atoms with Crippen molar-refractivity contribution in [1.82, 2.24) is 4.98 Å². The molecule has 0 unspecified atom stereocenters. The van der Waals surface area contributed by atoms with Gasteiger partial charge in [0.25, 0.3) is 0 Å². The lowest BCUT2D eigenvalue weighted by Gasteiger charge is -2.26. The Morgan fingerprint density at radius 3 is 1.95 bits per heavy atom. The van der Waals surface area contributed by atoms with Crippen LogP contribution in [0.15, 0.2) is 158 Å². The Hall–Kier alpha value is -5.51. The van der Waals surface area contributed by atoms with Crippen LogP contribution in [0, 0.1) is 0 Å². The number of thiophene rings is 1. The second kappa shape index (κ2) is 10.0. The number of anilines is 3. The predicted octanol–water partition coefficient (Wildman–Crippen LogP) is 12.0. The van der Waals surface area contributed by atoms with E-state index in [1.807, 2.05) is 12.4 Å². The minimum atomic E-state index is 1.11. The van der Waals surface area contributed by atoms with Crippen LogP contribution in [0.5, 0.6) is 0 Å². The smallest absolute Gasteiger partial charge is 0.0545 e. The number of rotatable bonds is 4. The molecule has 0 saturated heterocycles.